The summed E-state index contributed by atoms with van der Waals surface area (Å²) in [7, 11) is 0. The van der Waals surface area contributed by atoms with Gasteiger partial charge in [-0.1, -0.05) is 0 Å². The van der Waals surface area contributed by atoms with Crippen LogP contribution < -0.4 is 0 Å². The van der Waals surface area contributed by atoms with Gasteiger partial charge < -0.3 is 23.7 Å². The van der Waals surface area contributed by atoms with Crippen molar-refractivity contribution in [2.75, 3.05) is 13.2 Å². The number of imidazole rings is 2. The van der Waals surface area contributed by atoms with Gasteiger partial charge in [-0.3, -0.25) is 0 Å². The van der Waals surface area contributed by atoms with Gasteiger partial charge in [0.15, 0.2) is 11.6 Å². The minimum atomic E-state index is -0.537. The highest BCUT2D eigenvalue weighted by Gasteiger charge is 2.48. The van der Waals surface area contributed by atoms with Crippen molar-refractivity contribution in [2.24, 2.45) is 0 Å². The molecule has 0 aliphatic carbocycles. The van der Waals surface area contributed by atoms with Crippen molar-refractivity contribution in [1.29, 1.82) is 0 Å². The molecule has 2 aliphatic heterocycles. The molecule has 21 heavy (non-hydrogen) atoms. The maximum atomic E-state index is 9.86. The van der Waals surface area contributed by atoms with E-state index in [1.165, 1.54) is 0 Å². The Labute approximate surface area is 122 Å². The molecule has 4 atom stereocenters. The zero-order chi connectivity index (χ0) is 14.4. The molecule has 2 aromatic heterocycles. The van der Waals surface area contributed by atoms with E-state index < -0.39 is 6.10 Å². The third kappa shape index (κ3) is 1.92. The van der Waals surface area contributed by atoms with Gasteiger partial charge in [-0.05, 0) is 6.92 Å². The summed E-state index contributed by atoms with van der Waals surface area (Å²) in [5.74, 6) is 1.64. The van der Waals surface area contributed by atoms with Gasteiger partial charge in [0.25, 0.3) is 0 Å². The highest BCUT2D eigenvalue weighted by atomic mass is 16.6. The first kappa shape index (κ1) is 13.0. The van der Waals surface area contributed by atoms with Gasteiger partial charge >= 0.3 is 0 Å². The standard InChI is InChI=1S/C14H18N4O3/c1-2-17-5-3-15-13(17)14-16-4-6-18(14)9-7-20-12-10(19)8-21-11(9)12/h3-6,9-12,19H,2,7-8H2,1H3/t9-,10-,11-,12-/m1/s1. The molecule has 0 unspecified atom stereocenters. The molecule has 0 bridgehead atoms. The van der Waals surface area contributed by atoms with Crippen LogP contribution in [0, 0.1) is 0 Å². The van der Waals surface area contributed by atoms with Crippen LogP contribution in [0.4, 0.5) is 0 Å². The second kappa shape index (κ2) is 4.94. The Morgan fingerprint density at radius 2 is 1.90 bits per heavy atom. The molecular weight excluding hydrogens is 272 g/mol. The molecule has 0 spiro atoms. The van der Waals surface area contributed by atoms with Crippen LogP contribution in [0.5, 0.6) is 0 Å². The van der Waals surface area contributed by atoms with Crippen LogP contribution in [0.3, 0.4) is 0 Å². The largest absolute Gasteiger partial charge is 0.388 e. The molecular formula is C14H18N4O3. The van der Waals surface area contributed by atoms with Crippen molar-refractivity contribution in [2.45, 2.75) is 37.8 Å². The van der Waals surface area contributed by atoms with Crippen molar-refractivity contribution in [3.8, 4) is 11.6 Å². The number of nitrogens with zero attached hydrogens (tertiary/aromatic N) is 4. The number of ether oxygens (including phenoxy) is 2. The molecule has 2 aromatic rings. The van der Waals surface area contributed by atoms with E-state index in [-0.39, 0.29) is 18.2 Å². The van der Waals surface area contributed by atoms with E-state index in [1.54, 1.807) is 12.4 Å². The molecule has 7 heteroatoms. The van der Waals surface area contributed by atoms with Crippen LogP contribution >= 0.6 is 0 Å². The third-order valence-electron chi connectivity index (χ3n) is 4.28. The van der Waals surface area contributed by atoms with Gasteiger partial charge in [0.05, 0.1) is 19.3 Å². The minimum Gasteiger partial charge on any atom is -0.388 e. The zero-order valence-electron chi connectivity index (χ0n) is 11.8. The lowest BCUT2D eigenvalue weighted by atomic mass is 10.1. The summed E-state index contributed by atoms with van der Waals surface area (Å²) < 4.78 is 15.5. The monoisotopic (exact) mass is 290 g/mol. The fraction of sp³-hybridized carbons (Fsp3) is 0.571. The fourth-order valence-corrected chi connectivity index (χ4v) is 3.22. The SMILES string of the molecule is CCn1ccnc1-c1nccn1[C@@H]1CO[C@H]2[C@@H]1OC[C@H]2O. The van der Waals surface area contributed by atoms with Gasteiger partial charge in [0, 0.05) is 31.3 Å². The van der Waals surface area contributed by atoms with Crippen LogP contribution in [0.1, 0.15) is 13.0 Å². The van der Waals surface area contributed by atoms with E-state index in [9.17, 15) is 5.11 Å². The van der Waals surface area contributed by atoms with E-state index in [4.69, 9.17) is 9.47 Å². The summed E-state index contributed by atoms with van der Waals surface area (Å²) in [5, 5.41) is 9.86. The van der Waals surface area contributed by atoms with E-state index in [1.807, 2.05) is 12.4 Å². The number of hydrogen-bond acceptors (Lipinski definition) is 5. The van der Waals surface area contributed by atoms with Gasteiger partial charge in [0.1, 0.15) is 18.3 Å². The van der Waals surface area contributed by atoms with E-state index in [0.29, 0.717) is 13.2 Å². The maximum Gasteiger partial charge on any atom is 0.176 e. The third-order valence-corrected chi connectivity index (χ3v) is 4.28. The lowest BCUT2D eigenvalue weighted by molar-refractivity contribution is 0.0172. The maximum absolute atomic E-state index is 9.86. The van der Waals surface area contributed by atoms with Crippen molar-refractivity contribution in [3.05, 3.63) is 24.8 Å². The smallest absolute Gasteiger partial charge is 0.176 e. The number of aliphatic hydroxyl groups excluding tert-OH is 1. The number of aryl methyl sites for hydroxylation is 1. The van der Waals surface area contributed by atoms with Gasteiger partial charge in [0.2, 0.25) is 0 Å². The van der Waals surface area contributed by atoms with Crippen LogP contribution in [0.25, 0.3) is 11.6 Å². The number of fused-ring (bicyclic) bond motifs is 1. The molecule has 112 valence electrons. The average Bonchev–Trinajstić information content (AvgIpc) is 3.23. The predicted octanol–water partition coefficient (Wildman–Crippen LogP) is 0.466. The summed E-state index contributed by atoms with van der Waals surface area (Å²) in [6, 6.07) is 0.0201. The van der Waals surface area contributed by atoms with E-state index >= 15 is 0 Å². The molecule has 0 aromatic carbocycles. The Hall–Kier alpha value is -1.70. The number of rotatable bonds is 3. The summed E-state index contributed by atoms with van der Waals surface area (Å²) in [4.78, 5) is 8.86. The summed E-state index contributed by atoms with van der Waals surface area (Å²) in [6.45, 7) is 3.76. The molecule has 0 saturated carbocycles. The minimum absolute atomic E-state index is 0.0201. The topological polar surface area (TPSA) is 74.3 Å². The summed E-state index contributed by atoms with van der Waals surface area (Å²) in [6.07, 6.45) is 6.51. The van der Waals surface area contributed by atoms with Crippen molar-refractivity contribution in [3.63, 3.8) is 0 Å². The van der Waals surface area contributed by atoms with Crippen molar-refractivity contribution >= 4 is 0 Å². The second-order valence-corrected chi connectivity index (χ2v) is 5.43. The Morgan fingerprint density at radius 3 is 2.76 bits per heavy atom. The van der Waals surface area contributed by atoms with Gasteiger partial charge in [-0.15, -0.1) is 0 Å². The fourth-order valence-electron chi connectivity index (χ4n) is 3.22. The molecule has 2 saturated heterocycles. The van der Waals surface area contributed by atoms with Gasteiger partial charge in [-0.2, -0.15) is 0 Å². The first-order valence-electron chi connectivity index (χ1n) is 7.25. The molecule has 1 N–H and O–H groups in total. The molecule has 0 radical (unpaired) electrons. The first-order valence-corrected chi connectivity index (χ1v) is 7.25. The quantitative estimate of drug-likeness (QED) is 0.889. The van der Waals surface area contributed by atoms with Gasteiger partial charge in [-0.25, -0.2) is 9.97 Å². The summed E-state index contributed by atoms with van der Waals surface area (Å²) >= 11 is 0. The molecule has 2 aliphatic rings. The van der Waals surface area contributed by atoms with E-state index in [0.717, 1.165) is 18.2 Å². The summed E-state index contributed by atoms with van der Waals surface area (Å²) in [5.41, 5.74) is 0. The molecule has 0 amide bonds. The molecule has 4 heterocycles. The highest BCUT2D eigenvalue weighted by Crippen LogP contribution is 2.36. The lowest BCUT2D eigenvalue weighted by Crippen LogP contribution is -2.30. The lowest BCUT2D eigenvalue weighted by Gasteiger charge is -2.19. The van der Waals surface area contributed by atoms with Crippen LogP contribution in [-0.2, 0) is 16.0 Å². The molecule has 7 nitrogen and oxygen atoms in total. The van der Waals surface area contributed by atoms with Crippen LogP contribution in [0.2, 0.25) is 0 Å². The Morgan fingerprint density at radius 1 is 1.14 bits per heavy atom. The second-order valence-electron chi connectivity index (χ2n) is 5.43. The Kier molecular flexibility index (Phi) is 3.06. The number of aromatic nitrogens is 4. The van der Waals surface area contributed by atoms with E-state index in [2.05, 4.69) is 26.0 Å². The number of aliphatic hydroxyl groups is 1. The number of hydrogen-bond donors (Lipinski definition) is 1. The Balaban J connectivity index is 1.70. The first-order chi connectivity index (χ1) is 10.3. The molecule has 2 fully saturated rings. The molecule has 4 rings (SSSR count). The highest BCUT2D eigenvalue weighted by molar-refractivity contribution is 5.45. The predicted molar refractivity (Wildman–Crippen MR) is 73.6 cm³/mol. The van der Waals surface area contributed by atoms with Crippen LogP contribution in [-0.4, -0.2) is 55.7 Å². The van der Waals surface area contributed by atoms with Crippen LogP contribution in [0.15, 0.2) is 24.8 Å². The normalized spacial score (nSPS) is 31.7. The Bertz CT molecular complexity index is 638. The van der Waals surface area contributed by atoms with Crippen molar-refractivity contribution in [1.82, 2.24) is 19.1 Å². The van der Waals surface area contributed by atoms with Crippen molar-refractivity contribution < 1.29 is 14.6 Å². The zero-order valence-corrected chi connectivity index (χ0v) is 11.8. The average molecular weight is 290 g/mol.